The summed E-state index contributed by atoms with van der Waals surface area (Å²) < 4.78 is 26.2. The van der Waals surface area contributed by atoms with E-state index < -0.39 is 16.8 Å². The zero-order chi connectivity index (χ0) is 53.6. The van der Waals surface area contributed by atoms with Crippen molar-refractivity contribution in [1.82, 2.24) is 0 Å². The summed E-state index contributed by atoms with van der Waals surface area (Å²) in [6.45, 7) is 34.4. The van der Waals surface area contributed by atoms with Crippen LogP contribution in [-0.2, 0) is 21.7 Å². The maximum absolute atomic E-state index is 8.99. The van der Waals surface area contributed by atoms with Crippen LogP contribution in [0.5, 0.6) is 23.0 Å². The van der Waals surface area contributed by atoms with Gasteiger partial charge in [0.15, 0.2) is 0 Å². The van der Waals surface area contributed by atoms with Gasteiger partial charge >= 0.3 is 8.60 Å². The summed E-state index contributed by atoms with van der Waals surface area (Å²) >= 11 is 1.74. The Kier molecular flexibility index (Phi) is 21.0. The molecule has 0 aromatic heterocycles. The fraction of sp³-hybridized carbons (Fsp3) is 0.323. The Hall–Kier alpha value is -5.35. The van der Waals surface area contributed by atoms with Crippen LogP contribution in [0.4, 0.5) is 0 Å². The lowest BCUT2D eigenvalue weighted by Crippen LogP contribution is -2.15. The van der Waals surface area contributed by atoms with Crippen LogP contribution in [0.25, 0.3) is 21.5 Å². The quantitative estimate of drug-likeness (QED) is 0.130. The highest BCUT2D eigenvalue weighted by Crippen LogP contribution is 2.51. The van der Waals surface area contributed by atoms with E-state index in [9.17, 15) is 0 Å². The van der Waals surface area contributed by atoms with Crippen molar-refractivity contribution in [2.45, 2.75) is 135 Å². The maximum atomic E-state index is 8.99. The van der Waals surface area contributed by atoms with E-state index in [2.05, 4.69) is 223 Å². The summed E-state index contributed by atoms with van der Waals surface area (Å²) in [6.07, 6.45) is 0.105. The zero-order valence-corrected chi connectivity index (χ0v) is 48.9. The number of aliphatic hydroxyl groups excluding tert-OH is 1. The van der Waals surface area contributed by atoms with Gasteiger partial charge in [-0.3, -0.25) is 0 Å². The predicted molar refractivity (Wildman–Crippen MR) is 318 cm³/mol. The molecule has 8 heteroatoms. The van der Waals surface area contributed by atoms with Gasteiger partial charge in [0.1, 0.15) is 31.1 Å². The molecule has 73 heavy (non-hydrogen) atoms. The molecule has 0 radical (unpaired) electrons. The predicted octanol–water partition coefficient (Wildman–Crippen LogP) is 20.2. The molecule has 1 unspecified atom stereocenters. The molecule has 0 bridgehead atoms. The van der Waals surface area contributed by atoms with E-state index in [0.717, 1.165) is 49.8 Å². The lowest BCUT2D eigenvalue weighted by Gasteiger charge is -2.27. The van der Waals surface area contributed by atoms with Gasteiger partial charge in [-0.2, -0.15) is 0 Å². The number of aryl methyl sites for hydroxylation is 1. The molecule has 0 amide bonds. The zero-order valence-electron chi connectivity index (χ0n) is 46.3. The van der Waals surface area contributed by atoms with Gasteiger partial charge in [0.05, 0.1) is 11.2 Å². The van der Waals surface area contributed by atoms with Crippen molar-refractivity contribution in [1.29, 1.82) is 0 Å². The topological polar surface area (TPSA) is 57.2 Å². The first-order valence-electron chi connectivity index (χ1n) is 25.4. The molecule has 0 saturated carbocycles. The lowest BCUT2D eigenvalue weighted by molar-refractivity contribution is 0.358. The molecule has 386 valence electrons. The number of aliphatic hydroxyl groups is 1. The number of benzene rings is 8. The first kappa shape index (κ1) is 58.5. The minimum Gasteiger partial charge on any atom is -0.472 e. The molecule has 5 nitrogen and oxygen atoms in total. The van der Waals surface area contributed by atoms with Gasteiger partial charge in [0.2, 0.25) is 0 Å². The van der Waals surface area contributed by atoms with Gasteiger partial charge in [-0.1, -0.05) is 260 Å². The number of para-hydroxylation sites is 3. The number of fused-ring (bicyclic) bond motifs is 2. The molecule has 1 N–H and O–H groups in total. The van der Waals surface area contributed by atoms with Crippen LogP contribution in [0.15, 0.2) is 186 Å². The molecule has 0 heterocycles. The minimum atomic E-state index is -1.92. The molecule has 8 aromatic rings. The molecule has 0 fully saturated rings. The van der Waals surface area contributed by atoms with Crippen molar-refractivity contribution in [3.05, 3.63) is 204 Å². The van der Waals surface area contributed by atoms with Crippen LogP contribution in [0, 0.1) is 6.92 Å². The van der Waals surface area contributed by atoms with E-state index in [0.29, 0.717) is 5.41 Å². The van der Waals surface area contributed by atoms with E-state index in [-0.39, 0.29) is 22.6 Å². The highest BCUT2D eigenvalue weighted by atomic mass is 32.2. The van der Waals surface area contributed by atoms with Gasteiger partial charge in [-0.15, -0.1) is 0 Å². The molecule has 0 aliphatic carbocycles. The van der Waals surface area contributed by atoms with Gasteiger partial charge in [0, 0.05) is 16.0 Å². The van der Waals surface area contributed by atoms with E-state index >= 15 is 0 Å². The first-order valence-corrected chi connectivity index (χ1v) is 29.2. The van der Waals surface area contributed by atoms with Gasteiger partial charge in [-0.25, -0.2) is 0 Å². The largest absolute Gasteiger partial charge is 0.530 e. The van der Waals surface area contributed by atoms with Crippen LogP contribution in [-0.4, -0.2) is 18.1 Å². The average molecular weight is 1040 g/mol. The van der Waals surface area contributed by atoms with Crippen molar-refractivity contribution in [3.8, 4) is 23.0 Å². The second-order valence-electron chi connectivity index (χ2n) is 21.9. The smallest absolute Gasteiger partial charge is 0.472 e. The molecule has 0 aliphatic heterocycles. The first-order chi connectivity index (χ1) is 34.5. The molecule has 8 aromatic carbocycles. The lowest BCUT2D eigenvalue weighted by atomic mass is 9.86. The third-order valence-electron chi connectivity index (χ3n) is 11.8. The van der Waals surface area contributed by atoms with E-state index in [1.54, 1.807) is 11.8 Å². The second kappa shape index (κ2) is 26.2. The fourth-order valence-electron chi connectivity index (χ4n) is 7.92. The van der Waals surface area contributed by atoms with Crippen molar-refractivity contribution in [2.75, 3.05) is 13.0 Å². The van der Waals surface area contributed by atoms with Gasteiger partial charge in [0.25, 0.3) is 0 Å². The maximum Gasteiger partial charge on any atom is 0.530 e. The molecule has 0 spiro atoms. The number of hydrogen-bond acceptors (Lipinski definition) is 6. The Labute approximate surface area is 445 Å². The Morgan fingerprint density at radius 3 is 1.19 bits per heavy atom. The van der Waals surface area contributed by atoms with Crippen molar-refractivity contribution >= 4 is 50.1 Å². The summed E-state index contributed by atoms with van der Waals surface area (Å²) in [6, 6.07) is 60.5. The molecular weight excluding hydrogens is 955 g/mol. The van der Waals surface area contributed by atoms with Gasteiger partial charge in [-0.05, 0) is 97.7 Å². The summed E-state index contributed by atoms with van der Waals surface area (Å²) in [4.78, 5) is 2.24. The summed E-state index contributed by atoms with van der Waals surface area (Å²) in [5.74, 6) is 3.14. The third kappa shape index (κ3) is 16.6. The highest BCUT2D eigenvalue weighted by Gasteiger charge is 2.29. The Morgan fingerprint density at radius 1 is 0.397 bits per heavy atom. The minimum absolute atomic E-state index is 0.0716. The van der Waals surface area contributed by atoms with Crippen molar-refractivity contribution < 1.29 is 23.2 Å². The van der Waals surface area contributed by atoms with Crippen LogP contribution in [0.1, 0.15) is 125 Å². The highest BCUT2D eigenvalue weighted by molar-refractivity contribution is 8.00. The normalized spacial score (nSPS) is 12.1. The summed E-state index contributed by atoms with van der Waals surface area (Å²) in [5.41, 5.74) is 6.10. The van der Waals surface area contributed by atoms with Crippen LogP contribution in [0.2, 0.25) is 0 Å². The number of rotatable bonds is 11. The monoisotopic (exact) mass is 1030 g/mol. The standard InChI is InChI=1S/C41H41O3PS.C12H19O2P.C10H14.C2H6/c1-28-24-25-29-16-8-10-18-31(29)38(28)46-39-32-19-11-9-17-30(32)26-27-37(39)44-45(42-35-22-14-12-20-33(35)40(2,3)4)43-36-23-15-13-21-34(36)41(5,6)7;1-12(2,3)10-7-5-6-8-11(10)14-15(4)9-13;1-10(2,3)9-7-5-4-6-8-9;1-2/h8-27H,1-7H3;5-8,13H,9H2,1-4H3;4-8H,1-3H3;1-2H3. The van der Waals surface area contributed by atoms with Crippen LogP contribution >= 0.6 is 28.5 Å². The molecule has 8 rings (SSSR count). The van der Waals surface area contributed by atoms with Crippen molar-refractivity contribution in [3.63, 3.8) is 0 Å². The Balaban J connectivity index is 0.000000298. The molecule has 0 aliphatic rings. The Morgan fingerprint density at radius 2 is 0.767 bits per heavy atom. The fourth-order valence-corrected chi connectivity index (χ4v) is 10.8. The van der Waals surface area contributed by atoms with E-state index in [4.69, 9.17) is 23.2 Å². The molecular formula is C65H80O5P2S. The SMILES string of the molecule is CC.CC(C)(C)c1ccccc1.CP(CO)Oc1ccccc1C(C)(C)C.Cc1ccc2ccccc2c1Sc1c(OP(Oc2ccccc2C(C)(C)C)Oc2ccccc2C(C)(C)C)ccc2ccccc12. The van der Waals surface area contributed by atoms with Gasteiger partial charge < -0.3 is 23.2 Å². The van der Waals surface area contributed by atoms with E-state index in [1.165, 1.54) is 32.4 Å². The summed E-state index contributed by atoms with van der Waals surface area (Å²) in [5, 5.41) is 13.7. The second-order valence-corrected chi connectivity index (χ2v) is 25.6. The molecule has 0 saturated heterocycles. The van der Waals surface area contributed by atoms with Crippen LogP contribution in [0.3, 0.4) is 0 Å². The average Bonchev–Trinajstić information content (AvgIpc) is 3.36. The third-order valence-corrected chi connectivity index (χ3v) is 15.1. The van der Waals surface area contributed by atoms with E-state index in [1.807, 2.05) is 63.0 Å². The van der Waals surface area contributed by atoms with Crippen LogP contribution < -0.4 is 18.1 Å². The summed E-state index contributed by atoms with van der Waals surface area (Å²) in [7, 11) is -2.68. The Bertz CT molecular complexity index is 2920. The molecule has 1 atom stereocenters. The number of hydrogen-bond donors (Lipinski definition) is 1. The van der Waals surface area contributed by atoms with Crippen molar-refractivity contribution in [2.24, 2.45) is 0 Å².